The number of nitrogens with two attached hydrogens (primary N) is 1. The Morgan fingerprint density at radius 3 is 2.62 bits per heavy atom. The van der Waals surface area contributed by atoms with Crippen molar-refractivity contribution in [2.24, 2.45) is 0 Å². The number of anilines is 1. The van der Waals surface area contributed by atoms with Crippen LogP contribution in [0.25, 0.3) is 0 Å². The summed E-state index contributed by atoms with van der Waals surface area (Å²) in [4.78, 5) is 11.3. The molecule has 2 N–H and O–H groups in total. The van der Waals surface area contributed by atoms with E-state index in [4.69, 9.17) is 5.73 Å². The van der Waals surface area contributed by atoms with E-state index in [1.807, 2.05) is 13.0 Å². The zero-order valence-corrected chi connectivity index (χ0v) is 9.31. The molecule has 0 aliphatic carbocycles. The van der Waals surface area contributed by atoms with E-state index in [-0.39, 0.29) is 5.78 Å². The highest BCUT2D eigenvalue weighted by molar-refractivity contribution is 9.10. The molecule has 1 rings (SSSR count). The Labute approximate surface area is 86.3 Å². The molecule has 0 atom stereocenters. The summed E-state index contributed by atoms with van der Waals surface area (Å²) >= 11 is 3.39. The van der Waals surface area contributed by atoms with Crippen molar-refractivity contribution < 1.29 is 4.79 Å². The van der Waals surface area contributed by atoms with Gasteiger partial charge < -0.3 is 5.73 Å². The van der Waals surface area contributed by atoms with Crippen LogP contribution in [0.1, 0.15) is 29.8 Å². The fourth-order valence-electron chi connectivity index (χ4n) is 1.33. The molecule has 3 heteroatoms. The first kappa shape index (κ1) is 10.3. The van der Waals surface area contributed by atoms with Crippen LogP contribution in [-0.4, -0.2) is 5.78 Å². The molecule has 0 saturated heterocycles. The van der Waals surface area contributed by atoms with Crippen LogP contribution in [0.3, 0.4) is 0 Å². The first-order valence-corrected chi connectivity index (χ1v) is 4.94. The maximum atomic E-state index is 11.3. The van der Waals surface area contributed by atoms with Crippen molar-refractivity contribution in [1.82, 2.24) is 0 Å². The largest absolute Gasteiger partial charge is 0.399 e. The smallest absolute Gasteiger partial charge is 0.160 e. The molecule has 0 aliphatic heterocycles. The van der Waals surface area contributed by atoms with Crippen LogP contribution >= 0.6 is 15.9 Å². The predicted molar refractivity (Wildman–Crippen MR) is 57.9 cm³/mol. The highest BCUT2D eigenvalue weighted by atomic mass is 79.9. The summed E-state index contributed by atoms with van der Waals surface area (Å²) in [7, 11) is 0. The summed E-state index contributed by atoms with van der Waals surface area (Å²) < 4.78 is 0.917. The van der Waals surface area contributed by atoms with Crippen LogP contribution in [0.15, 0.2) is 16.6 Å². The quantitative estimate of drug-likeness (QED) is 0.640. The number of rotatable bonds is 2. The van der Waals surface area contributed by atoms with Gasteiger partial charge >= 0.3 is 0 Å². The summed E-state index contributed by atoms with van der Waals surface area (Å²) in [5, 5.41) is 0. The van der Waals surface area contributed by atoms with E-state index in [2.05, 4.69) is 15.9 Å². The SMILES string of the molecule is CCc1c(Br)cc(N)cc1C(C)=O. The fraction of sp³-hybridized carbons (Fsp3) is 0.300. The lowest BCUT2D eigenvalue weighted by Gasteiger charge is -2.08. The van der Waals surface area contributed by atoms with E-state index in [9.17, 15) is 4.79 Å². The van der Waals surface area contributed by atoms with Crippen LogP contribution in [0.2, 0.25) is 0 Å². The van der Waals surface area contributed by atoms with E-state index >= 15 is 0 Å². The molecule has 0 fully saturated rings. The minimum atomic E-state index is 0.0600. The number of Topliss-reactive ketones (excluding diaryl/α,β-unsaturated/α-hetero) is 1. The van der Waals surface area contributed by atoms with Gasteiger partial charge in [0.2, 0.25) is 0 Å². The molecule has 0 amide bonds. The average Bonchev–Trinajstić information content (AvgIpc) is 2.02. The molecular weight excluding hydrogens is 230 g/mol. The van der Waals surface area contributed by atoms with Crippen molar-refractivity contribution in [3.05, 3.63) is 27.7 Å². The molecule has 0 heterocycles. The molecule has 0 radical (unpaired) electrons. The standard InChI is InChI=1S/C10H12BrNO/c1-3-8-9(6(2)13)4-7(12)5-10(8)11/h4-5H,3,12H2,1-2H3. The van der Waals surface area contributed by atoms with Crippen LogP contribution in [0, 0.1) is 0 Å². The Kier molecular flexibility index (Phi) is 3.09. The second kappa shape index (κ2) is 3.92. The topological polar surface area (TPSA) is 43.1 Å². The predicted octanol–water partition coefficient (Wildman–Crippen LogP) is 2.80. The van der Waals surface area contributed by atoms with E-state index in [1.54, 1.807) is 13.0 Å². The molecule has 2 nitrogen and oxygen atoms in total. The van der Waals surface area contributed by atoms with Crippen molar-refractivity contribution >= 4 is 27.4 Å². The third-order valence-corrected chi connectivity index (χ3v) is 2.66. The van der Waals surface area contributed by atoms with E-state index in [1.165, 1.54) is 0 Å². The van der Waals surface area contributed by atoms with Gasteiger partial charge in [-0.2, -0.15) is 0 Å². The van der Waals surface area contributed by atoms with E-state index in [0.29, 0.717) is 5.69 Å². The molecule has 1 aromatic rings. The minimum Gasteiger partial charge on any atom is -0.399 e. The normalized spacial score (nSPS) is 10.1. The molecule has 13 heavy (non-hydrogen) atoms. The van der Waals surface area contributed by atoms with Gasteiger partial charge in [-0.05, 0) is 31.0 Å². The van der Waals surface area contributed by atoms with Crippen molar-refractivity contribution in [3.8, 4) is 0 Å². The van der Waals surface area contributed by atoms with Gasteiger partial charge in [0.1, 0.15) is 0 Å². The van der Waals surface area contributed by atoms with Gasteiger partial charge in [0.05, 0.1) is 0 Å². The number of hydrogen-bond acceptors (Lipinski definition) is 2. The monoisotopic (exact) mass is 241 g/mol. The molecule has 0 bridgehead atoms. The second-order valence-corrected chi connectivity index (χ2v) is 3.79. The zero-order valence-electron chi connectivity index (χ0n) is 7.73. The summed E-state index contributed by atoms with van der Waals surface area (Å²) in [6.07, 6.45) is 0.829. The van der Waals surface area contributed by atoms with Gasteiger partial charge in [-0.3, -0.25) is 4.79 Å². The zero-order chi connectivity index (χ0) is 10.0. The fourth-order valence-corrected chi connectivity index (χ4v) is 2.09. The third-order valence-electron chi connectivity index (χ3n) is 1.95. The first-order valence-electron chi connectivity index (χ1n) is 4.15. The molecule has 0 spiro atoms. The highest BCUT2D eigenvalue weighted by Crippen LogP contribution is 2.25. The Hall–Kier alpha value is -0.830. The molecule has 0 aliphatic rings. The van der Waals surface area contributed by atoms with Gasteiger partial charge in [0, 0.05) is 15.7 Å². The number of benzene rings is 1. The van der Waals surface area contributed by atoms with Crippen LogP contribution in [-0.2, 0) is 6.42 Å². The lowest BCUT2D eigenvalue weighted by atomic mass is 10.0. The van der Waals surface area contributed by atoms with Crippen molar-refractivity contribution in [3.63, 3.8) is 0 Å². The Morgan fingerprint density at radius 1 is 1.54 bits per heavy atom. The molecule has 0 aromatic heterocycles. The van der Waals surface area contributed by atoms with E-state index in [0.717, 1.165) is 22.0 Å². The van der Waals surface area contributed by atoms with Gasteiger partial charge in [-0.25, -0.2) is 0 Å². The maximum absolute atomic E-state index is 11.3. The molecule has 1 aromatic carbocycles. The molecule has 0 unspecified atom stereocenters. The number of hydrogen-bond donors (Lipinski definition) is 1. The van der Waals surface area contributed by atoms with Crippen molar-refractivity contribution in [1.29, 1.82) is 0 Å². The van der Waals surface area contributed by atoms with Crippen LogP contribution in [0.4, 0.5) is 5.69 Å². The second-order valence-electron chi connectivity index (χ2n) is 2.94. The van der Waals surface area contributed by atoms with Gasteiger partial charge in [-0.1, -0.05) is 22.9 Å². The van der Waals surface area contributed by atoms with Crippen LogP contribution in [0.5, 0.6) is 0 Å². The highest BCUT2D eigenvalue weighted by Gasteiger charge is 2.09. The van der Waals surface area contributed by atoms with Gasteiger partial charge in [0.15, 0.2) is 5.78 Å². The first-order chi connectivity index (χ1) is 6.06. The lowest BCUT2D eigenvalue weighted by molar-refractivity contribution is 0.101. The van der Waals surface area contributed by atoms with Crippen molar-refractivity contribution in [2.75, 3.05) is 5.73 Å². The minimum absolute atomic E-state index is 0.0600. The summed E-state index contributed by atoms with van der Waals surface area (Å²) in [5.41, 5.74) is 8.00. The molecule has 70 valence electrons. The van der Waals surface area contributed by atoms with Crippen molar-refractivity contribution in [2.45, 2.75) is 20.3 Å². The molecular formula is C10H12BrNO. The van der Waals surface area contributed by atoms with Crippen LogP contribution < -0.4 is 5.73 Å². The molecule has 0 saturated carbocycles. The number of halogens is 1. The number of nitrogen functional groups attached to an aromatic ring is 1. The maximum Gasteiger partial charge on any atom is 0.160 e. The van der Waals surface area contributed by atoms with E-state index < -0.39 is 0 Å². The Morgan fingerprint density at radius 2 is 2.15 bits per heavy atom. The summed E-state index contributed by atoms with van der Waals surface area (Å²) in [5.74, 6) is 0.0600. The number of carbonyl (C=O) groups is 1. The number of carbonyl (C=O) groups excluding carboxylic acids is 1. The van der Waals surface area contributed by atoms with Gasteiger partial charge in [-0.15, -0.1) is 0 Å². The average molecular weight is 242 g/mol. The summed E-state index contributed by atoms with van der Waals surface area (Å²) in [6, 6.07) is 3.55. The Bertz CT molecular complexity index is 347. The van der Waals surface area contributed by atoms with Gasteiger partial charge in [0.25, 0.3) is 0 Å². The lowest BCUT2D eigenvalue weighted by Crippen LogP contribution is -2.01. The number of ketones is 1. The Balaban J connectivity index is 3.38. The third kappa shape index (κ3) is 2.10. The summed E-state index contributed by atoms with van der Waals surface area (Å²) in [6.45, 7) is 3.57.